The van der Waals surface area contributed by atoms with Gasteiger partial charge in [0.05, 0.1) is 17.7 Å². The lowest BCUT2D eigenvalue weighted by molar-refractivity contribution is 0.102. The Balaban J connectivity index is 1.71. The zero-order valence-electron chi connectivity index (χ0n) is 17.5. The molecule has 0 spiro atoms. The number of benzene rings is 2. The van der Waals surface area contributed by atoms with Crippen molar-refractivity contribution in [3.8, 4) is 5.75 Å². The Labute approximate surface area is 185 Å². The number of methoxy groups -OCH3 is 1. The number of amides is 1. The normalized spacial score (nSPS) is 11.4. The van der Waals surface area contributed by atoms with E-state index in [0.29, 0.717) is 28.0 Å². The average molecular weight is 461 g/mol. The van der Waals surface area contributed by atoms with E-state index >= 15 is 0 Å². The Morgan fingerprint density at radius 1 is 1.06 bits per heavy atom. The third-order valence-electron chi connectivity index (χ3n) is 4.77. The summed E-state index contributed by atoms with van der Waals surface area (Å²) in [6, 6.07) is 12.4. The van der Waals surface area contributed by atoms with Gasteiger partial charge in [-0.1, -0.05) is 37.3 Å². The highest BCUT2D eigenvalue weighted by Gasteiger charge is 2.18. The lowest BCUT2D eigenvalue weighted by Crippen LogP contribution is -2.15. The molecule has 3 rings (SSSR count). The van der Waals surface area contributed by atoms with E-state index in [0.717, 1.165) is 17.8 Å². The summed E-state index contributed by atoms with van der Waals surface area (Å²) < 4.78 is 33.0. The molecule has 31 heavy (non-hydrogen) atoms. The number of carbonyl (C=O) groups excluding carboxylic acids is 1. The molecule has 0 fully saturated rings. The van der Waals surface area contributed by atoms with Crippen LogP contribution in [0.25, 0.3) is 0 Å². The fourth-order valence-electron chi connectivity index (χ4n) is 2.98. The first-order chi connectivity index (χ1) is 14.9. The second-order valence-electron chi connectivity index (χ2n) is 6.74. The number of para-hydroxylation sites is 2. The van der Waals surface area contributed by atoms with Gasteiger partial charge in [-0.3, -0.25) is 14.8 Å². The van der Waals surface area contributed by atoms with Crippen LogP contribution in [-0.2, 0) is 10.0 Å². The minimum Gasteiger partial charge on any atom is -0.495 e. The molecule has 2 aromatic carbocycles. The number of hydrogen-bond donors (Lipinski definition) is 2. The van der Waals surface area contributed by atoms with Gasteiger partial charge in [0.1, 0.15) is 10.8 Å². The number of hydrogen-bond acceptors (Lipinski definition) is 7. The number of anilines is 2. The molecule has 2 N–H and O–H groups in total. The number of aromatic nitrogens is 2. The third kappa shape index (κ3) is 5.39. The van der Waals surface area contributed by atoms with Crippen molar-refractivity contribution in [3.63, 3.8) is 0 Å². The Bertz CT molecular complexity index is 1140. The predicted molar refractivity (Wildman–Crippen MR) is 121 cm³/mol. The Morgan fingerprint density at radius 3 is 2.39 bits per heavy atom. The van der Waals surface area contributed by atoms with E-state index in [1.165, 1.54) is 42.7 Å². The molecule has 8 nitrogen and oxygen atoms in total. The highest BCUT2D eigenvalue weighted by molar-refractivity contribution is 7.92. The van der Waals surface area contributed by atoms with E-state index in [1.54, 1.807) is 24.3 Å². The molecule has 0 aliphatic carbocycles. The van der Waals surface area contributed by atoms with Crippen LogP contribution in [0.15, 0.2) is 53.4 Å². The summed E-state index contributed by atoms with van der Waals surface area (Å²) >= 11 is 1.35. The monoisotopic (exact) mass is 460 g/mol. The van der Waals surface area contributed by atoms with Crippen molar-refractivity contribution in [1.82, 2.24) is 10.2 Å². The zero-order chi connectivity index (χ0) is 22.4. The van der Waals surface area contributed by atoms with Crippen molar-refractivity contribution in [2.24, 2.45) is 0 Å². The van der Waals surface area contributed by atoms with Gasteiger partial charge in [-0.25, -0.2) is 8.42 Å². The molecule has 0 aliphatic rings. The van der Waals surface area contributed by atoms with E-state index < -0.39 is 10.0 Å². The van der Waals surface area contributed by atoms with Gasteiger partial charge in [-0.05, 0) is 49.2 Å². The molecule has 164 valence electrons. The van der Waals surface area contributed by atoms with Crippen LogP contribution in [0.4, 0.5) is 10.8 Å². The topological polar surface area (TPSA) is 110 Å². The van der Waals surface area contributed by atoms with Gasteiger partial charge in [-0.2, -0.15) is 0 Å². The smallest absolute Gasteiger partial charge is 0.262 e. The predicted octanol–water partition coefficient (Wildman–Crippen LogP) is 4.50. The summed E-state index contributed by atoms with van der Waals surface area (Å²) in [6.07, 6.45) is 1.91. The number of carbonyl (C=O) groups is 1. The van der Waals surface area contributed by atoms with Gasteiger partial charge in [0.15, 0.2) is 0 Å². The zero-order valence-corrected chi connectivity index (χ0v) is 19.1. The van der Waals surface area contributed by atoms with E-state index in [-0.39, 0.29) is 10.8 Å². The molecule has 0 radical (unpaired) electrons. The third-order valence-corrected chi connectivity index (χ3v) is 7.16. The largest absolute Gasteiger partial charge is 0.495 e. The van der Waals surface area contributed by atoms with Gasteiger partial charge in [0, 0.05) is 11.5 Å². The molecular weight excluding hydrogens is 436 g/mol. The average Bonchev–Trinajstić information content (AvgIpc) is 3.23. The molecule has 0 saturated heterocycles. The molecule has 0 saturated carbocycles. The van der Waals surface area contributed by atoms with Crippen molar-refractivity contribution in [3.05, 3.63) is 59.1 Å². The summed E-state index contributed by atoms with van der Waals surface area (Å²) in [5.74, 6) is 0.351. The number of nitrogens with zero attached hydrogens (tertiary/aromatic N) is 2. The second-order valence-corrected chi connectivity index (χ2v) is 9.43. The van der Waals surface area contributed by atoms with E-state index in [2.05, 4.69) is 34.1 Å². The quantitative estimate of drug-likeness (QED) is 0.486. The van der Waals surface area contributed by atoms with Crippen molar-refractivity contribution in [1.29, 1.82) is 0 Å². The maximum Gasteiger partial charge on any atom is 0.262 e. The van der Waals surface area contributed by atoms with E-state index in [9.17, 15) is 13.2 Å². The van der Waals surface area contributed by atoms with Crippen molar-refractivity contribution < 1.29 is 17.9 Å². The minimum absolute atomic E-state index is 0.0295. The molecule has 3 aromatic rings. The first-order valence-corrected chi connectivity index (χ1v) is 12.1. The fourth-order valence-corrected chi connectivity index (χ4v) is 5.05. The summed E-state index contributed by atoms with van der Waals surface area (Å²) in [4.78, 5) is 12.5. The van der Waals surface area contributed by atoms with Gasteiger partial charge >= 0.3 is 0 Å². The maximum atomic E-state index is 12.7. The number of ether oxygens (including phenoxy) is 1. The van der Waals surface area contributed by atoms with Crippen molar-refractivity contribution >= 4 is 38.1 Å². The molecule has 0 bridgehead atoms. The Kier molecular flexibility index (Phi) is 7.24. The van der Waals surface area contributed by atoms with Crippen LogP contribution in [0.3, 0.4) is 0 Å². The molecule has 1 heterocycles. The molecule has 0 aliphatic heterocycles. The van der Waals surface area contributed by atoms with E-state index in [4.69, 9.17) is 4.74 Å². The van der Waals surface area contributed by atoms with E-state index in [1.807, 2.05) is 0 Å². The number of sulfonamides is 1. The van der Waals surface area contributed by atoms with Gasteiger partial charge < -0.3 is 4.74 Å². The van der Waals surface area contributed by atoms with Crippen molar-refractivity contribution in [2.45, 2.75) is 37.5 Å². The second kappa shape index (κ2) is 9.88. The SMILES string of the molecule is CCC(CC)c1nnc(NC(=O)c2ccc(S(=O)(=O)Nc3ccccc3OC)cc2)s1. The highest BCUT2D eigenvalue weighted by atomic mass is 32.2. The van der Waals surface area contributed by atoms with Crippen molar-refractivity contribution in [2.75, 3.05) is 17.1 Å². The van der Waals surface area contributed by atoms with Crippen LogP contribution in [0.1, 0.15) is 48.0 Å². The molecule has 1 amide bonds. The van der Waals surface area contributed by atoms with Crippen LogP contribution in [0.5, 0.6) is 5.75 Å². The Morgan fingerprint density at radius 2 is 1.74 bits per heavy atom. The minimum atomic E-state index is -3.84. The first kappa shape index (κ1) is 22.7. The molecule has 10 heteroatoms. The summed E-state index contributed by atoms with van der Waals surface area (Å²) in [7, 11) is -2.38. The highest BCUT2D eigenvalue weighted by Crippen LogP contribution is 2.29. The van der Waals surface area contributed by atoms with Crippen LogP contribution in [0.2, 0.25) is 0 Å². The lowest BCUT2D eigenvalue weighted by Gasteiger charge is -2.12. The van der Waals surface area contributed by atoms with Gasteiger partial charge in [0.25, 0.3) is 15.9 Å². The summed E-state index contributed by atoms with van der Waals surface area (Å²) in [6.45, 7) is 4.18. The number of nitrogens with one attached hydrogen (secondary N) is 2. The van der Waals surface area contributed by atoms with Crippen LogP contribution < -0.4 is 14.8 Å². The standard InChI is InChI=1S/C21H24N4O4S2/c1-4-14(5-2)20-23-24-21(30-20)22-19(26)15-10-12-16(13-11-15)31(27,28)25-17-8-6-7-9-18(17)29-3/h6-14,25H,4-5H2,1-3H3,(H,22,24,26). The maximum absolute atomic E-state index is 12.7. The Hall–Kier alpha value is -2.98. The molecule has 0 atom stereocenters. The molecule has 1 aromatic heterocycles. The van der Waals surface area contributed by atoms with Crippen LogP contribution in [-0.4, -0.2) is 31.6 Å². The summed E-state index contributed by atoms with van der Waals surface area (Å²) in [5.41, 5.74) is 0.645. The lowest BCUT2D eigenvalue weighted by atomic mass is 10.1. The van der Waals surface area contributed by atoms with Gasteiger partial charge in [-0.15, -0.1) is 10.2 Å². The first-order valence-electron chi connectivity index (χ1n) is 9.78. The van der Waals surface area contributed by atoms with Crippen LogP contribution >= 0.6 is 11.3 Å². The molecule has 0 unspecified atom stereocenters. The number of rotatable bonds is 9. The fraction of sp³-hybridized carbons (Fsp3) is 0.286. The van der Waals surface area contributed by atoms with Gasteiger partial charge in [0.2, 0.25) is 5.13 Å². The summed E-state index contributed by atoms with van der Waals surface area (Å²) in [5, 5.41) is 12.2. The molecular formula is C21H24N4O4S2. The van der Waals surface area contributed by atoms with Crippen LogP contribution in [0, 0.1) is 0 Å².